The van der Waals surface area contributed by atoms with Crippen molar-refractivity contribution in [1.82, 2.24) is 10.2 Å². The molecule has 182 valence electrons. The minimum Gasteiger partial charge on any atom is -0.375 e. The van der Waals surface area contributed by atoms with Crippen LogP contribution in [0, 0.1) is 11.7 Å². The molecule has 2 N–H and O–H groups in total. The van der Waals surface area contributed by atoms with E-state index >= 15 is 0 Å². The summed E-state index contributed by atoms with van der Waals surface area (Å²) >= 11 is 3.41. The third-order valence-electron chi connectivity index (χ3n) is 6.62. The van der Waals surface area contributed by atoms with Gasteiger partial charge in [-0.05, 0) is 51.1 Å². The highest BCUT2D eigenvalue weighted by Gasteiger charge is 2.43. The number of fused-ring (bicyclic) bond motifs is 3. The van der Waals surface area contributed by atoms with E-state index in [1.165, 1.54) is 6.07 Å². The van der Waals surface area contributed by atoms with E-state index in [0.29, 0.717) is 29.7 Å². The highest BCUT2D eigenvalue weighted by molar-refractivity contribution is 9.10. The molecule has 2 aromatic rings. The average molecular weight is 532 g/mol. The minimum absolute atomic E-state index is 0.0700. The molecular weight excluding hydrogens is 501 g/mol. The maximum Gasteiger partial charge on any atom is 0.287 e. The van der Waals surface area contributed by atoms with Gasteiger partial charge < -0.3 is 20.3 Å². The third kappa shape index (κ3) is 5.67. The Morgan fingerprint density at radius 3 is 2.71 bits per heavy atom. The molecule has 2 aromatic carbocycles. The van der Waals surface area contributed by atoms with E-state index in [1.807, 2.05) is 43.3 Å². The summed E-state index contributed by atoms with van der Waals surface area (Å²) in [6.07, 6.45) is 1.81. The molecule has 0 radical (unpaired) electrons. The molecule has 34 heavy (non-hydrogen) atoms. The first-order valence-electron chi connectivity index (χ1n) is 11.7. The first-order valence-corrected chi connectivity index (χ1v) is 12.5. The number of carbonyl (C=O) groups excluding carboxylic acids is 2. The second-order valence-electron chi connectivity index (χ2n) is 9.33. The molecule has 1 saturated heterocycles. The van der Waals surface area contributed by atoms with Gasteiger partial charge in [-0.2, -0.15) is 0 Å². The van der Waals surface area contributed by atoms with Crippen LogP contribution in [0.2, 0.25) is 0 Å². The van der Waals surface area contributed by atoms with Gasteiger partial charge in [0, 0.05) is 35.5 Å². The number of nitrogens with one attached hydrogen (secondary N) is 2. The van der Waals surface area contributed by atoms with Gasteiger partial charge in [-0.1, -0.05) is 46.3 Å². The van der Waals surface area contributed by atoms with Crippen LogP contribution < -0.4 is 10.6 Å². The van der Waals surface area contributed by atoms with Gasteiger partial charge in [0.1, 0.15) is 5.82 Å². The van der Waals surface area contributed by atoms with E-state index in [9.17, 15) is 14.0 Å². The highest BCUT2D eigenvalue weighted by atomic mass is 79.9. The number of amides is 1. The molecule has 0 aliphatic carbocycles. The highest BCUT2D eigenvalue weighted by Crippen LogP contribution is 2.51. The van der Waals surface area contributed by atoms with Crippen molar-refractivity contribution >= 4 is 33.3 Å². The summed E-state index contributed by atoms with van der Waals surface area (Å²) < 4.78 is 22.1. The molecule has 0 unspecified atom stereocenters. The van der Waals surface area contributed by atoms with Gasteiger partial charge in [-0.3, -0.25) is 9.59 Å². The maximum absolute atomic E-state index is 14.9. The molecule has 2 heterocycles. The number of benzene rings is 2. The van der Waals surface area contributed by atoms with Gasteiger partial charge in [-0.25, -0.2) is 4.39 Å². The Hall–Kier alpha value is -2.29. The quantitative estimate of drug-likeness (QED) is 0.486. The summed E-state index contributed by atoms with van der Waals surface area (Å²) in [6, 6.07) is 13.3. The van der Waals surface area contributed by atoms with E-state index in [0.717, 1.165) is 24.0 Å². The number of likely N-dealkylation sites (N-methyl/N-ethyl adjacent to an activating group) is 1. The predicted octanol–water partition coefficient (Wildman–Crippen LogP) is 4.62. The fourth-order valence-electron chi connectivity index (χ4n) is 4.88. The Morgan fingerprint density at radius 2 is 1.97 bits per heavy atom. The second kappa shape index (κ2) is 11.0. The van der Waals surface area contributed by atoms with Gasteiger partial charge in [0.15, 0.2) is 0 Å². The lowest BCUT2D eigenvalue weighted by Crippen LogP contribution is -2.40. The number of carbonyl (C=O) groups is 2. The van der Waals surface area contributed by atoms with Crippen LogP contribution in [0.25, 0.3) is 0 Å². The number of anilines is 1. The van der Waals surface area contributed by atoms with Gasteiger partial charge in [0.05, 0.1) is 23.9 Å². The van der Waals surface area contributed by atoms with Gasteiger partial charge in [0.25, 0.3) is 5.91 Å². The molecule has 0 saturated carbocycles. The van der Waals surface area contributed by atoms with Gasteiger partial charge in [0.2, 0.25) is 5.78 Å². The lowest BCUT2D eigenvalue weighted by Gasteiger charge is -2.46. The Balaban J connectivity index is 1.46. The van der Waals surface area contributed by atoms with E-state index in [-0.39, 0.29) is 36.4 Å². The summed E-state index contributed by atoms with van der Waals surface area (Å²) in [4.78, 5) is 26.4. The van der Waals surface area contributed by atoms with Crippen molar-refractivity contribution in [2.24, 2.45) is 5.92 Å². The van der Waals surface area contributed by atoms with Crippen molar-refractivity contribution < 1.29 is 18.7 Å². The van der Waals surface area contributed by atoms with E-state index in [1.54, 1.807) is 0 Å². The molecule has 8 heteroatoms. The van der Waals surface area contributed by atoms with Crippen LogP contribution in [-0.2, 0) is 14.3 Å². The molecule has 0 bridgehead atoms. The van der Waals surface area contributed by atoms with Crippen LogP contribution in [0.4, 0.5) is 10.1 Å². The number of rotatable bonds is 8. The summed E-state index contributed by atoms with van der Waals surface area (Å²) in [5, 5.41) is 6.10. The number of hydrogen-bond donors (Lipinski definition) is 2. The van der Waals surface area contributed by atoms with Crippen molar-refractivity contribution in [3.8, 4) is 0 Å². The average Bonchev–Trinajstić information content (AvgIpc) is 2.82. The standard InChI is InChI=1S/C26H31BrFN3O3/c1-31(2)13-12-29-26(33)22(32)11-9-18-8-10-19-23(16-6-4-3-5-7-16)30-24-20(25(19)34-18)14-17(27)15-21(24)28/h3-7,14-15,18-19,23,25,30H,8-13H2,1-2H3,(H,29,33)/t18-,19+,23+,25+/m1/s1. The van der Waals surface area contributed by atoms with E-state index < -0.39 is 11.7 Å². The zero-order valence-electron chi connectivity index (χ0n) is 19.5. The molecule has 1 amide bonds. The minimum atomic E-state index is -0.544. The molecule has 0 spiro atoms. The van der Waals surface area contributed by atoms with E-state index in [2.05, 4.69) is 38.7 Å². The lowest BCUT2D eigenvalue weighted by molar-refractivity contribution is -0.139. The zero-order chi connectivity index (χ0) is 24.2. The predicted molar refractivity (Wildman–Crippen MR) is 133 cm³/mol. The molecule has 4 rings (SSSR count). The van der Waals surface area contributed by atoms with Crippen LogP contribution in [-0.4, -0.2) is 49.9 Å². The number of halogens is 2. The number of Topliss-reactive ketones (excluding diaryl/α,β-unsaturated/α-hetero) is 1. The fraction of sp³-hybridized carbons (Fsp3) is 0.462. The smallest absolute Gasteiger partial charge is 0.287 e. The normalized spacial score (nSPS) is 23.6. The fourth-order valence-corrected chi connectivity index (χ4v) is 5.33. The number of hydrogen-bond acceptors (Lipinski definition) is 5. The van der Waals surface area contributed by atoms with Crippen molar-refractivity contribution in [2.75, 3.05) is 32.5 Å². The van der Waals surface area contributed by atoms with E-state index in [4.69, 9.17) is 4.74 Å². The number of ether oxygens (including phenoxy) is 1. The number of ketones is 1. The van der Waals surface area contributed by atoms with Crippen LogP contribution in [0.15, 0.2) is 46.9 Å². The van der Waals surface area contributed by atoms with Gasteiger partial charge in [-0.15, -0.1) is 0 Å². The van der Waals surface area contributed by atoms with Crippen LogP contribution >= 0.6 is 15.9 Å². The molecule has 2 aliphatic heterocycles. The van der Waals surface area contributed by atoms with Crippen molar-refractivity contribution in [3.63, 3.8) is 0 Å². The first-order chi connectivity index (χ1) is 16.3. The Morgan fingerprint density at radius 1 is 1.21 bits per heavy atom. The van der Waals surface area contributed by atoms with Crippen molar-refractivity contribution in [2.45, 2.75) is 43.9 Å². The lowest BCUT2D eigenvalue weighted by atomic mass is 9.76. The summed E-state index contributed by atoms with van der Waals surface area (Å²) in [5.41, 5.74) is 2.36. The van der Waals surface area contributed by atoms with Crippen molar-refractivity contribution in [3.05, 3.63) is 63.9 Å². The largest absolute Gasteiger partial charge is 0.375 e. The molecule has 1 fully saturated rings. The Labute approximate surface area is 208 Å². The third-order valence-corrected chi connectivity index (χ3v) is 7.08. The summed E-state index contributed by atoms with van der Waals surface area (Å²) in [6.45, 7) is 1.11. The second-order valence-corrected chi connectivity index (χ2v) is 10.2. The van der Waals surface area contributed by atoms with Crippen molar-refractivity contribution in [1.29, 1.82) is 0 Å². The molecule has 2 aliphatic rings. The topological polar surface area (TPSA) is 70.7 Å². The first kappa shape index (κ1) is 24.8. The Bertz CT molecular complexity index is 1030. The van der Waals surface area contributed by atoms with Crippen LogP contribution in [0.3, 0.4) is 0 Å². The van der Waals surface area contributed by atoms with Crippen LogP contribution in [0.1, 0.15) is 49.0 Å². The summed E-state index contributed by atoms with van der Waals surface area (Å²) in [5.74, 6) is -1.16. The SMILES string of the molecule is CN(C)CCNC(=O)C(=O)CC[C@H]1CC[C@@H]2[C@H](O1)c1cc(Br)cc(F)c1N[C@H]2c1ccccc1. The zero-order valence-corrected chi connectivity index (χ0v) is 21.1. The van der Waals surface area contributed by atoms with Gasteiger partial charge >= 0.3 is 0 Å². The maximum atomic E-state index is 14.9. The Kier molecular flexibility index (Phi) is 8.01. The molecular formula is C26H31BrFN3O3. The molecule has 6 nitrogen and oxygen atoms in total. The monoisotopic (exact) mass is 531 g/mol. The number of nitrogens with zero attached hydrogens (tertiary/aromatic N) is 1. The summed E-state index contributed by atoms with van der Waals surface area (Å²) in [7, 11) is 3.82. The molecule has 4 atom stereocenters. The molecule has 0 aromatic heterocycles. The van der Waals surface area contributed by atoms with Crippen LogP contribution in [0.5, 0.6) is 0 Å².